The molecule has 2 aliphatic rings. The van der Waals surface area contributed by atoms with Gasteiger partial charge in [-0.25, -0.2) is 14.5 Å². The number of carbonyl (C=O) groups excluding carboxylic acids is 3. The zero-order valence-corrected chi connectivity index (χ0v) is 13.2. The highest BCUT2D eigenvalue weighted by atomic mass is 19.4. The maximum absolute atomic E-state index is 13.0. The molecular weight excluding hydrogens is 339 g/mol. The highest BCUT2D eigenvalue weighted by Gasteiger charge is 2.41. The number of nitrogens with zero attached hydrogens (tertiary/aromatic N) is 2. The van der Waals surface area contributed by atoms with E-state index in [-0.39, 0.29) is 36.4 Å². The number of alkyl halides is 3. The van der Waals surface area contributed by atoms with Crippen LogP contribution in [0.2, 0.25) is 0 Å². The van der Waals surface area contributed by atoms with Crippen molar-refractivity contribution in [3.05, 3.63) is 41.1 Å². The summed E-state index contributed by atoms with van der Waals surface area (Å²) < 4.78 is 38.9. The summed E-state index contributed by atoms with van der Waals surface area (Å²) in [7, 11) is 1.32. The van der Waals surface area contributed by atoms with Crippen molar-refractivity contribution in [2.75, 3.05) is 18.5 Å². The van der Waals surface area contributed by atoms with E-state index >= 15 is 0 Å². The number of allylic oxidation sites excluding steroid dienone is 1. The molecule has 0 unspecified atom stereocenters. The zero-order chi connectivity index (χ0) is 18.4. The first-order valence-corrected chi connectivity index (χ1v) is 7.50. The van der Waals surface area contributed by atoms with Crippen LogP contribution in [-0.2, 0) is 11.0 Å². The van der Waals surface area contributed by atoms with Gasteiger partial charge in [-0.1, -0.05) is 6.07 Å². The molecule has 6 nitrogen and oxygen atoms in total. The first-order chi connectivity index (χ1) is 11.7. The number of hydrogen-bond acceptors (Lipinski definition) is 3. The van der Waals surface area contributed by atoms with Gasteiger partial charge in [0.2, 0.25) is 0 Å². The Morgan fingerprint density at radius 2 is 1.92 bits per heavy atom. The first-order valence-electron chi connectivity index (χ1n) is 7.50. The van der Waals surface area contributed by atoms with Crippen LogP contribution in [0.3, 0.4) is 0 Å². The molecule has 1 N–H and O–H groups in total. The summed E-state index contributed by atoms with van der Waals surface area (Å²) >= 11 is 0. The molecule has 0 aromatic heterocycles. The van der Waals surface area contributed by atoms with Crippen LogP contribution in [0.15, 0.2) is 35.5 Å². The minimum absolute atomic E-state index is 0.0318. The molecule has 1 aliphatic heterocycles. The van der Waals surface area contributed by atoms with Crippen LogP contribution in [0.5, 0.6) is 0 Å². The molecule has 25 heavy (non-hydrogen) atoms. The number of benzene rings is 1. The van der Waals surface area contributed by atoms with Crippen LogP contribution in [0.25, 0.3) is 0 Å². The molecule has 0 saturated carbocycles. The number of amides is 4. The van der Waals surface area contributed by atoms with Gasteiger partial charge in [-0.05, 0) is 24.6 Å². The summed E-state index contributed by atoms with van der Waals surface area (Å²) in [6, 6.07) is 2.73. The van der Waals surface area contributed by atoms with E-state index in [2.05, 4.69) is 5.32 Å². The number of carbonyl (C=O) groups is 3. The maximum atomic E-state index is 13.0. The standard InChI is InChI=1S/C16H14F3N3O3/c1-20-14(24)21-8-11-12(5-6-13(11)23)22(15(21)25)10-4-2-3-9(7-10)16(17,18)19/h2-4,7H,5-6,8H2,1H3,(H,20,24). The minimum atomic E-state index is -4.57. The highest BCUT2D eigenvalue weighted by Crippen LogP contribution is 2.38. The van der Waals surface area contributed by atoms with Crippen LogP contribution in [0.1, 0.15) is 18.4 Å². The summed E-state index contributed by atoms with van der Waals surface area (Å²) in [5.74, 6) is -0.214. The number of nitrogens with one attached hydrogen (secondary N) is 1. The predicted octanol–water partition coefficient (Wildman–Crippen LogP) is 2.90. The van der Waals surface area contributed by atoms with Gasteiger partial charge < -0.3 is 5.32 Å². The lowest BCUT2D eigenvalue weighted by Crippen LogP contribution is -2.53. The van der Waals surface area contributed by atoms with Gasteiger partial charge in [0, 0.05) is 24.7 Å². The summed E-state index contributed by atoms with van der Waals surface area (Å²) in [4.78, 5) is 38.5. The molecule has 3 rings (SSSR count). The monoisotopic (exact) mass is 353 g/mol. The molecule has 0 spiro atoms. The molecular formula is C16H14F3N3O3. The number of ketones is 1. The molecule has 0 fully saturated rings. The van der Waals surface area contributed by atoms with Crippen molar-refractivity contribution in [3.8, 4) is 0 Å². The molecule has 9 heteroatoms. The quantitative estimate of drug-likeness (QED) is 0.844. The van der Waals surface area contributed by atoms with Crippen LogP contribution >= 0.6 is 0 Å². The van der Waals surface area contributed by atoms with Gasteiger partial charge >= 0.3 is 18.2 Å². The maximum Gasteiger partial charge on any atom is 0.416 e. The Morgan fingerprint density at radius 3 is 2.56 bits per heavy atom. The number of Topliss-reactive ketones (excluding diaryl/α,β-unsaturated/α-hetero) is 1. The molecule has 1 aromatic rings. The van der Waals surface area contributed by atoms with Crippen molar-refractivity contribution in [2.24, 2.45) is 0 Å². The van der Waals surface area contributed by atoms with Crippen molar-refractivity contribution in [1.82, 2.24) is 10.2 Å². The second kappa shape index (κ2) is 5.91. The van der Waals surface area contributed by atoms with E-state index in [4.69, 9.17) is 0 Å². The second-order valence-corrected chi connectivity index (χ2v) is 5.66. The molecule has 1 aromatic carbocycles. The average molecular weight is 353 g/mol. The van der Waals surface area contributed by atoms with Crippen LogP contribution in [0.4, 0.5) is 28.4 Å². The third kappa shape index (κ3) is 2.86. The smallest absolute Gasteiger partial charge is 0.341 e. The van der Waals surface area contributed by atoms with E-state index < -0.39 is 23.8 Å². The fourth-order valence-corrected chi connectivity index (χ4v) is 2.96. The lowest BCUT2D eigenvalue weighted by atomic mass is 10.1. The summed E-state index contributed by atoms with van der Waals surface area (Å²) in [5.41, 5.74) is -0.313. The van der Waals surface area contributed by atoms with Crippen molar-refractivity contribution < 1.29 is 27.6 Å². The fourth-order valence-electron chi connectivity index (χ4n) is 2.96. The molecule has 1 aliphatic carbocycles. The summed E-state index contributed by atoms with van der Waals surface area (Å²) in [6.45, 7) is -0.178. The number of anilines is 1. The Balaban J connectivity index is 2.11. The van der Waals surface area contributed by atoms with Crippen molar-refractivity contribution in [3.63, 3.8) is 0 Å². The Labute approximate surface area is 140 Å². The first kappa shape index (κ1) is 17.0. The number of halogens is 3. The lowest BCUT2D eigenvalue weighted by molar-refractivity contribution is -0.137. The van der Waals surface area contributed by atoms with E-state index in [1.54, 1.807) is 0 Å². The van der Waals surface area contributed by atoms with E-state index in [0.29, 0.717) is 5.70 Å². The van der Waals surface area contributed by atoms with Crippen LogP contribution in [0, 0.1) is 0 Å². The third-order valence-corrected chi connectivity index (χ3v) is 4.17. The van der Waals surface area contributed by atoms with E-state index in [0.717, 1.165) is 21.9 Å². The van der Waals surface area contributed by atoms with Gasteiger partial charge in [-0.15, -0.1) is 0 Å². The van der Waals surface area contributed by atoms with Gasteiger partial charge in [0.1, 0.15) is 0 Å². The van der Waals surface area contributed by atoms with E-state index in [9.17, 15) is 27.6 Å². The van der Waals surface area contributed by atoms with Gasteiger partial charge in [0.05, 0.1) is 17.8 Å². The Bertz CT molecular complexity index is 801. The molecule has 0 atom stereocenters. The highest BCUT2D eigenvalue weighted by molar-refractivity contribution is 6.11. The normalized spacial score (nSPS) is 17.9. The molecule has 0 saturated heterocycles. The number of hydrogen-bond donors (Lipinski definition) is 1. The largest absolute Gasteiger partial charge is 0.416 e. The van der Waals surface area contributed by atoms with Crippen molar-refractivity contribution >= 4 is 23.5 Å². The zero-order valence-electron chi connectivity index (χ0n) is 13.2. The SMILES string of the molecule is CNC(=O)N1CC2=C(CCC2=O)N(c2cccc(C(F)(F)F)c2)C1=O. The third-order valence-electron chi connectivity index (χ3n) is 4.17. The molecule has 1 heterocycles. The Morgan fingerprint density at radius 1 is 1.20 bits per heavy atom. The molecule has 132 valence electrons. The van der Waals surface area contributed by atoms with E-state index in [1.165, 1.54) is 19.2 Å². The minimum Gasteiger partial charge on any atom is -0.341 e. The average Bonchev–Trinajstić information content (AvgIpc) is 2.93. The lowest BCUT2D eigenvalue weighted by Gasteiger charge is -2.35. The second-order valence-electron chi connectivity index (χ2n) is 5.66. The fraction of sp³-hybridized carbons (Fsp3) is 0.312. The van der Waals surface area contributed by atoms with Crippen molar-refractivity contribution in [2.45, 2.75) is 19.0 Å². The summed E-state index contributed by atoms with van der Waals surface area (Å²) in [6.07, 6.45) is -4.16. The van der Waals surface area contributed by atoms with Gasteiger partial charge in [0.25, 0.3) is 0 Å². The summed E-state index contributed by atoms with van der Waals surface area (Å²) in [5, 5.41) is 2.29. The molecule has 0 radical (unpaired) electrons. The number of urea groups is 2. The predicted molar refractivity (Wildman–Crippen MR) is 81.7 cm³/mol. The van der Waals surface area contributed by atoms with E-state index in [1.807, 2.05) is 0 Å². The van der Waals surface area contributed by atoms with Crippen molar-refractivity contribution in [1.29, 1.82) is 0 Å². The number of rotatable bonds is 1. The Kier molecular flexibility index (Phi) is 4.02. The molecule has 0 bridgehead atoms. The topological polar surface area (TPSA) is 69.7 Å². The number of imide groups is 1. The van der Waals surface area contributed by atoms with Gasteiger partial charge in [-0.3, -0.25) is 9.69 Å². The van der Waals surface area contributed by atoms with Gasteiger partial charge in [0.15, 0.2) is 5.78 Å². The van der Waals surface area contributed by atoms with Gasteiger partial charge in [-0.2, -0.15) is 13.2 Å². The van der Waals surface area contributed by atoms with Crippen LogP contribution in [-0.4, -0.2) is 36.3 Å². The van der Waals surface area contributed by atoms with Crippen LogP contribution < -0.4 is 10.2 Å². The Hall–Kier alpha value is -2.84. The molecule has 4 amide bonds.